The van der Waals surface area contributed by atoms with E-state index >= 15 is 0 Å². The van der Waals surface area contributed by atoms with Gasteiger partial charge in [0.05, 0.1) is 0 Å². The Kier molecular flexibility index (Phi) is 2.74. The zero-order valence-electron chi connectivity index (χ0n) is 11.1. The van der Waals surface area contributed by atoms with Crippen molar-refractivity contribution in [3.63, 3.8) is 0 Å². The van der Waals surface area contributed by atoms with E-state index in [1.165, 1.54) is 32.1 Å². The fourth-order valence-corrected chi connectivity index (χ4v) is 3.47. The van der Waals surface area contributed by atoms with E-state index in [2.05, 4.69) is 31.3 Å². The van der Waals surface area contributed by atoms with Crippen molar-refractivity contribution in [2.24, 2.45) is 0 Å². The van der Waals surface area contributed by atoms with Crippen molar-refractivity contribution in [2.45, 2.75) is 51.4 Å². The molecule has 1 aromatic carbocycles. The highest BCUT2D eigenvalue weighted by Crippen LogP contribution is 2.38. The summed E-state index contributed by atoms with van der Waals surface area (Å²) in [6, 6.07) is 5.04. The molecule has 0 fully saturated rings. The number of benzene rings is 1. The molecule has 1 aliphatic carbocycles. The summed E-state index contributed by atoms with van der Waals surface area (Å²) in [4.78, 5) is 0. The van der Waals surface area contributed by atoms with Crippen LogP contribution in [-0.4, -0.2) is 13.1 Å². The molecule has 1 heteroatoms. The van der Waals surface area contributed by atoms with E-state index in [0.717, 1.165) is 13.1 Å². The van der Waals surface area contributed by atoms with Crippen molar-refractivity contribution in [1.82, 2.24) is 5.32 Å². The van der Waals surface area contributed by atoms with Crippen molar-refractivity contribution < 1.29 is 0 Å². The number of nitrogens with one attached hydrogen (secondary N) is 1. The van der Waals surface area contributed by atoms with Gasteiger partial charge in [0.15, 0.2) is 0 Å². The zero-order valence-corrected chi connectivity index (χ0v) is 11.1. The Morgan fingerprint density at radius 2 is 1.65 bits per heavy atom. The number of hydrogen-bond donors (Lipinski definition) is 1. The Labute approximate surface area is 105 Å². The normalized spacial score (nSPS) is 22.5. The summed E-state index contributed by atoms with van der Waals surface area (Å²) in [5.41, 5.74) is 6.85. The van der Waals surface area contributed by atoms with Gasteiger partial charge >= 0.3 is 0 Å². The lowest BCUT2D eigenvalue weighted by molar-refractivity contribution is 0.431. The molecule has 0 spiro atoms. The highest BCUT2D eigenvalue weighted by atomic mass is 14.8. The maximum absolute atomic E-state index is 3.51. The topological polar surface area (TPSA) is 12.0 Å². The fourth-order valence-electron chi connectivity index (χ4n) is 3.47. The summed E-state index contributed by atoms with van der Waals surface area (Å²) in [5, 5.41) is 3.51. The lowest BCUT2D eigenvalue weighted by Gasteiger charge is -2.33. The molecule has 0 bridgehead atoms. The van der Waals surface area contributed by atoms with Gasteiger partial charge in [-0.05, 0) is 72.9 Å². The van der Waals surface area contributed by atoms with E-state index in [-0.39, 0.29) is 0 Å². The van der Waals surface area contributed by atoms with E-state index in [4.69, 9.17) is 0 Å². The van der Waals surface area contributed by atoms with E-state index in [0.29, 0.717) is 5.41 Å². The van der Waals surface area contributed by atoms with Gasteiger partial charge in [-0.2, -0.15) is 0 Å². The van der Waals surface area contributed by atoms with Crippen molar-refractivity contribution in [1.29, 1.82) is 0 Å². The van der Waals surface area contributed by atoms with Gasteiger partial charge in [0.25, 0.3) is 0 Å². The molecule has 1 nitrogen and oxygen atoms in total. The molecule has 0 unspecified atom stereocenters. The molecule has 0 aromatic heterocycles. The Bertz CT molecular complexity index is 431. The Hall–Kier alpha value is -0.820. The minimum absolute atomic E-state index is 0.391. The van der Waals surface area contributed by atoms with E-state index in [9.17, 15) is 0 Å². The summed E-state index contributed by atoms with van der Waals surface area (Å²) in [7, 11) is 0. The third-order valence-corrected chi connectivity index (χ3v) is 4.54. The fraction of sp³-hybridized carbons (Fsp3) is 0.625. The van der Waals surface area contributed by atoms with Crippen LogP contribution in [0, 0.1) is 0 Å². The van der Waals surface area contributed by atoms with Crippen LogP contribution in [0.5, 0.6) is 0 Å². The second-order valence-corrected chi connectivity index (χ2v) is 6.27. The van der Waals surface area contributed by atoms with Crippen molar-refractivity contribution in [3.8, 4) is 0 Å². The molecule has 3 rings (SSSR count). The molecule has 1 aromatic rings. The summed E-state index contributed by atoms with van der Waals surface area (Å²) >= 11 is 0. The number of rotatable bonds is 0. The Balaban J connectivity index is 2.09. The quantitative estimate of drug-likeness (QED) is 0.721. The van der Waals surface area contributed by atoms with Crippen LogP contribution >= 0.6 is 0 Å². The Morgan fingerprint density at radius 3 is 2.41 bits per heavy atom. The van der Waals surface area contributed by atoms with Crippen LogP contribution in [0.2, 0.25) is 0 Å². The highest BCUT2D eigenvalue weighted by molar-refractivity contribution is 5.44. The van der Waals surface area contributed by atoms with Crippen LogP contribution in [0.1, 0.15) is 48.9 Å². The van der Waals surface area contributed by atoms with Gasteiger partial charge in [-0.25, -0.2) is 0 Å². The zero-order chi connectivity index (χ0) is 11.9. The first-order valence-corrected chi connectivity index (χ1v) is 7.03. The standard InChI is InChI=1S/C16H23N/c1-16(2)7-3-4-14-10-12-5-8-17-9-6-13(12)11-15(14)16/h10-11,17H,3-9H2,1-2H3. The molecular weight excluding hydrogens is 206 g/mol. The smallest absolute Gasteiger partial charge is 0.000812 e. The van der Waals surface area contributed by atoms with Crippen LogP contribution in [0.3, 0.4) is 0 Å². The third kappa shape index (κ3) is 2.01. The molecule has 0 atom stereocenters. The van der Waals surface area contributed by atoms with E-state index in [1.807, 2.05) is 0 Å². The first-order valence-electron chi connectivity index (χ1n) is 7.03. The first kappa shape index (κ1) is 11.3. The summed E-state index contributed by atoms with van der Waals surface area (Å²) in [5.74, 6) is 0. The SMILES string of the molecule is CC1(C)CCCc2cc3c(cc21)CCNCC3. The predicted octanol–water partition coefficient (Wildman–Crippen LogP) is 2.99. The molecule has 0 amide bonds. The summed E-state index contributed by atoms with van der Waals surface area (Å²) in [6.45, 7) is 7.11. The van der Waals surface area contributed by atoms with E-state index in [1.54, 1.807) is 22.3 Å². The second kappa shape index (κ2) is 4.13. The van der Waals surface area contributed by atoms with Crippen molar-refractivity contribution >= 4 is 0 Å². The largest absolute Gasteiger partial charge is 0.316 e. The average Bonchev–Trinajstić information content (AvgIpc) is 2.51. The van der Waals surface area contributed by atoms with Gasteiger partial charge in [-0.15, -0.1) is 0 Å². The monoisotopic (exact) mass is 229 g/mol. The first-order chi connectivity index (χ1) is 8.17. The highest BCUT2D eigenvalue weighted by Gasteiger charge is 2.28. The molecule has 0 radical (unpaired) electrons. The molecule has 1 aliphatic heterocycles. The van der Waals surface area contributed by atoms with Crippen molar-refractivity contribution in [3.05, 3.63) is 34.4 Å². The van der Waals surface area contributed by atoms with Crippen LogP contribution in [0.25, 0.3) is 0 Å². The average molecular weight is 229 g/mol. The molecule has 17 heavy (non-hydrogen) atoms. The minimum Gasteiger partial charge on any atom is -0.316 e. The Morgan fingerprint density at radius 1 is 0.941 bits per heavy atom. The minimum atomic E-state index is 0.391. The van der Waals surface area contributed by atoms with Crippen LogP contribution in [-0.2, 0) is 24.7 Å². The lowest BCUT2D eigenvalue weighted by Crippen LogP contribution is -2.24. The lowest BCUT2D eigenvalue weighted by atomic mass is 9.71. The molecule has 1 heterocycles. The van der Waals surface area contributed by atoms with Crippen LogP contribution < -0.4 is 5.32 Å². The van der Waals surface area contributed by atoms with Crippen molar-refractivity contribution in [2.75, 3.05) is 13.1 Å². The van der Waals surface area contributed by atoms with Gasteiger partial charge in [-0.1, -0.05) is 26.0 Å². The number of aryl methyl sites for hydroxylation is 1. The van der Waals surface area contributed by atoms with Gasteiger partial charge in [0.2, 0.25) is 0 Å². The third-order valence-electron chi connectivity index (χ3n) is 4.54. The summed E-state index contributed by atoms with van der Waals surface area (Å²) in [6.07, 6.45) is 6.41. The number of hydrogen-bond acceptors (Lipinski definition) is 1. The maximum atomic E-state index is 3.51. The molecule has 2 aliphatic rings. The van der Waals surface area contributed by atoms with E-state index < -0.39 is 0 Å². The predicted molar refractivity (Wildman–Crippen MR) is 72.7 cm³/mol. The maximum Gasteiger partial charge on any atom is -0.000812 e. The van der Waals surface area contributed by atoms with Crippen LogP contribution in [0.4, 0.5) is 0 Å². The summed E-state index contributed by atoms with van der Waals surface area (Å²) < 4.78 is 0. The van der Waals surface area contributed by atoms with Crippen LogP contribution in [0.15, 0.2) is 12.1 Å². The second-order valence-electron chi connectivity index (χ2n) is 6.27. The molecule has 1 N–H and O–H groups in total. The van der Waals surface area contributed by atoms with Gasteiger partial charge in [0, 0.05) is 0 Å². The molecular formula is C16H23N. The van der Waals surface area contributed by atoms with Gasteiger partial charge in [0.1, 0.15) is 0 Å². The molecule has 0 saturated carbocycles. The molecule has 0 saturated heterocycles. The van der Waals surface area contributed by atoms with Gasteiger partial charge < -0.3 is 5.32 Å². The molecule has 92 valence electrons. The van der Waals surface area contributed by atoms with Gasteiger partial charge in [-0.3, -0.25) is 0 Å². The number of fused-ring (bicyclic) bond motifs is 2.